The number of likely N-dealkylation sites (tertiary alicyclic amines) is 1. The van der Waals surface area contributed by atoms with Crippen LogP contribution in [-0.2, 0) is 6.54 Å². The summed E-state index contributed by atoms with van der Waals surface area (Å²) in [5, 5.41) is 13.3. The molecule has 2 atom stereocenters. The first-order chi connectivity index (χ1) is 15.0. The van der Waals surface area contributed by atoms with Crippen molar-refractivity contribution in [2.75, 3.05) is 39.3 Å². The smallest absolute Gasteiger partial charge is 0.317 e. The highest BCUT2D eigenvalue weighted by Gasteiger charge is 2.33. The molecular weight excluding hydrogens is 394 g/mol. The first-order valence-electron chi connectivity index (χ1n) is 10.9. The number of carbonyl (C=O) groups excluding carboxylic acids is 1. The summed E-state index contributed by atoms with van der Waals surface area (Å²) >= 11 is 0. The minimum absolute atomic E-state index is 0.0217. The van der Waals surface area contributed by atoms with Crippen LogP contribution in [0, 0.1) is 13.8 Å². The van der Waals surface area contributed by atoms with Crippen molar-refractivity contribution in [3.8, 4) is 11.5 Å². The highest BCUT2D eigenvalue weighted by Crippen LogP contribution is 2.23. The third-order valence-corrected chi connectivity index (χ3v) is 5.70. The number of nitrogens with one attached hydrogen (secondary N) is 1. The zero-order valence-electron chi connectivity index (χ0n) is 18.2. The van der Waals surface area contributed by atoms with Gasteiger partial charge in [-0.2, -0.15) is 0 Å². The van der Waals surface area contributed by atoms with Gasteiger partial charge in [-0.1, -0.05) is 18.2 Å². The van der Waals surface area contributed by atoms with Gasteiger partial charge in [-0.25, -0.2) is 4.79 Å². The number of ether oxygens (including phenoxy) is 2. The fraction of sp³-hybridized carbons (Fsp3) is 0.458. The van der Waals surface area contributed by atoms with E-state index in [0.717, 1.165) is 41.3 Å². The number of carbonyl (C=O) groups is 1. The van der Waals surface area contributed by atoms with E-state index in [1.165, 1.54) is 0 Å². The fourth-order valence-corrected chi connectivity index (χ4v) is 4.20. The minimum atomic E-state index is -0.508. The summed E-state index contributed by atoms with van der Waals surface area (Å²) < 4.78 is 11.9. The first-order valence-corrected chi connectivity index (χ1v) is 10.9. The summed E-state index contributed by atoms with van der Waals surface area (Å²) in [5.74, 6) is 1.61. The molecule has 2 aromatic rings. The van der Waals surface area contributed by atoms with Crippen molar-refractivity contribution in [3.63, 3.8) is 0 Å². The Kier molecular flexibility index (Phi) is 6.63. The number of benzene rings is 2. The lowest BCUT2D eigenvalue weighted by molar-refractivity contribution is 0.0736. The van der Waals surface area contributed by atoms with E-state index in [1.807, 2.05) is 50.2 Å². The molecule has 0 aliphatic carbocycles. The molecule has 7 heteroatoms. The van der Waals surface area contributed by atoms with Crippen LogP contribution in [0.4, 0.5) is 4.79 Å². The third-order valence-electron chi connectivity index (χ3n) is 5.70. The fourth-order valence-electron chi connectivity index (χ4n) is 4.20. The molecule has 2 heterocycles. The Hall–Kier alpha value is -2.77. The Bertz CT molecular complexity index is 882. The molecule has 2 N–H and O–H groups in total. The Balaban J connectivity index is 1.25. The zero-order valence-corrected chi connectivity index (χ0v) is 18.2. The number of urea groups is 1. The van der Waals surface area contributed by atoms with Crippen LogP contribution in [0.2, 0.25) is 0 Å². The number of aliphatic hydroxyl groups is 1. The largest absolute Gasteiger partial charge is 0.492 e. The maximum absolute atomic E-state index is 11.5. The van der Waals surface area contributed by atoms with Crippen LogP contribution in [0.25, 0.3) is 0 Å². The molecule has 2 saturated heterocycles. The molecule has 2 amide bonds. The van der Waals surface area contributed by atoms with Gasteiger partial charge in [0.25, 0.3) is 0 Å². The molecule has 2 fully saturated rings. The highest BCUT2D eigenvalue weighted by atomic mass is 16.5. The number of rotatable bonds is 8. The Morgan fingerprint density at radius 1 is 1.06 bits per heavy atom. The lowest BCUT2D eigenvalue weighted by atomic mass is 10.1. The van der Waals surface area contributed by atoms with Crippen molar-refractivity contribution in [2.45, 2.75) is 32.6 Å². The standard InChI is InChI=1S/C24H31N3O4/c1-17-11-18(2)13-21(12-17)31-23-16-26(15-22(23)28)14-19-3-5-20(6-4-19)30-10-9-27-8-7-25-24(27)29/h3-6,11-13,22-23,28H,7-10,14-16H2,1-2H3,(H,25,29)/t22-,23-/m0/s1. The molecule has 2 aliphatic rings. The van der Waals surface area contributed by atoms with E-state index < -0.39 is 6.10 Å². The van der Waals surface area contributed by atoms with Gasteiger partial charge >= 0.3 is 6.03 Å². The molecule has 166 valence electrons. The molecule has 0 aromatic heterocycles. The van der Waals surface area contributed by atoms with E-state index in [0.29, 0.717) is 32.8 Å². The number of amides is 2. The van der Waals surface area contributed by atoms with Gasteiger partial charge in [-0.05, 0) is 54.8 Å². The SMILES string of the molecule is Cc1cc(C)cc(O[C@H]2CN(Cc3ccc(OCCN4CCNC4=O)cc3)C[C@@H]2O)c1. The number of hydrogen-bond donors (Lipinski definition) is 2. The second-order valence-corrected chi connectivity index (χ2v) is 8.45. The van der Waals surface area contributed by atoms with Crippen LogP contribution >= 0.6 is 0 Å². The number of aryl methyl sites for hydroxylation is 2. The van der Waals surface area contributed by atoms with E-state index in [2.05, 4.69) is 16.3 Å². The molecular formula is C24H31N3O4. The summed E-state index contributed by atoms with van der Waals surface area (Å²) in [4.78, 5) is 15.5. The maximum Gasteiger partial charge on any atom is 0.317 e. The third kappa shape index (κ3) is 5.68. The van der Waals surface area contributed by atoms with Gasteiger partial charge < -0.3 is 24.8 Å². The first kappa shape index (κ1) is 21.5. The van der Waals surface area contributed by atoms with Gasteiger partial charge in [-0.15, -0.1) is 0 Å². The average Bonchev–Trinajstić information content (AvgIpc) is 3.27. The number of aliphatic hydroxyl groups excluding tert-OH is 1. The molecule has 2 aromatic carbocycles. The quantitative estimate of drug-likeness (QED) is 0.679. The van der Waals surface area contributed by atoms with E-state index >= 15 is 0 Å². The monoisotopic (exact) mass is 425 g/mol. The number of nitrogens with zero attached hydrogens (tertiary/aromatic N) is 2. The van der Waals surface area contributed by atoms with Crippen LogP contribution in [0.1, 0.15) is 16.7 Å². The van der Waals surface area contributed by atoms with Crippen LogP contribution in [0.15, 0.2) is 42.5 Å². The molecule has 0 spiro atoms. The van der Waals surface area contributed by atoms with Crippen LogP contribution in [0.5, 0.6) is 11.5 Å². The van der Waals surface area contributed by atoms with Gasteiger partial charge in [0.1, 0.15) is 30.3 Å². The van der Waals surface area contributed by atoms with Crippen LogP contribution in [-0.4, -0.2) is 72.5 Å². The molecule has 0 saturated carbocycles. The Morgan fingerprint density at radius 3 is 2.48 bits per heavy atom. The second-order valence-electron chi connectivity index (χ2n) is 8.45. The second kappa shape index (κ2) is 9.58. The van der Waals surface area contributed by atoms with Crippen molar-refractivity contribution in [1.29, 1.82) is 0 Å². The molecule has 4 rings (SSSR count). The van der Waals surface area contributed by atoms with Gasteiger partial charge in [0.15, 0.2) is 0 Å². The van der Waals surface area contributed by atoms with Gasteiger partial charge in [0.05, 0.1) is 6.54 Å². The summed E-state index contributed by atoms with van der Waals surface area (Å²) in [6.07, 6.45) is -0.738. The summed E-state index contributed by atoms with van der Waals surface area (Å²) in [7, 11) is 0. The molecule has 7 nitrogen and oxygen atoms in total. The lowest BCUT2D eigenvalue weighted by Gasteiger charge is -2.18. The highest BCUT2D eigenvalue weighted by molar-refractivity contribution is 5.76. The number of β-amino-alcohol motifs (C(OH)–C–C–N with tert-alkyl or cyclic N) is 1. The van der Waals surface area contributed by atoms with Crippen molar-refractivity contribution >= 4 is 6.03 Å². The van der Waals surface area contributed by atoms with E-state index in [-0.39, 0.29) is 12.1 Å². The predicted octanol–water partition coefficient (Wildman–Crippen LogP) is 2.33. The summed E-state index contributed by atoms with van der Waals surface area (Å²) in [6, 6.07) is 14.1. The van der Waals surface area contributed by atoms with Crippen molar-refractivity contribution in [1.82, 2.24) is 15.1 Å². The minimum Gasteiger partial charge on any atom is -0.492 e. The van der Waals surface area contributed by atoms with Gasteiger partial charge in [-0.3, -0.25) is 4.90 Å². The van der Waals surface area contributed by atoms with E-state index in [4.69, 9.17) is 9.47 Å². The van der Waals surface area contributed by atoms with Gasteiger partial charge in [0.2, 0.25) is 0 Å². The molecule has 0 bridgehead atoms. The van der Waals surface area contributed by atoms with Crippen molar-refractivity contribution in [3.05, 3.63) is 59.2 Å². The maximum atomic E-state index is 11.5. The molecule has 31 heavy (non-hydrogen) atoms. The Morgan fingerprint density at radius 2 is 1.81 bits per heavy atom. The average molecular weight is 426 g/mol. The summed E-state index contributed by atoms with van der Waals surface area (Å²) in [6.45, 7) is 8.62. The van der Waals surface area contributed by atoms with Crippen LogP contribution < -0.4 is 14.8 Å². The predicted molar refractivity (Wildman–Crippen MR) is 119 cm³/mol. The normalized spacial score (nSPS) is 21.4. The van der Waals surface area contributed by atoms with Crippen molar-refractivity contribution in [2.24, 2.45) is 0 Å². The number of hydrogen-bond acceptors (Lipinski definition) is 5. The molecule has 0 unspecified atom stereocenters. The lowest BCUT2D eigenvalue weighted by Crippen LogP contribution is -2.31. The van der Waals surface area contributed by atoms with E-state index in [1.54, 1.807) is 4.90 Å². The Labute approximate surface area is 183 Å². The van der Waals surface area contributed by atoms with E-state index in [9.17, 15) is 9.90 Å². The zero-order chi connectivity index (χ0) is 21.8. The molecule has 0 radical (unpaired) electrons. The van der Waals surface area contributed by atoms with Gasteiger partial charge in [0, 0.05) is 32.7 Å². The summed E-state index contributed by atoms with van der Waals surface area (Å²) in [5.41, 5.74) is 3.47. The van der Waals surface area contributed by atoms with Crippen molar-refractivity contribution < 1.29 is 19.4 Å². The van der Waals surface area contributed by atoms with Crippen LogP contribution in [0.3, 0.4) is 0 Å². The molecule has 2 aliphatic heterocycles. The topological polar surface area (TPSA) is 74.3 Å².